The van der Waals surface area contributed by atoms with Crippen molar-refractivity contribution in [3.05, 3.63) is 28.3 Å². The Balaban J connectivity index is 1.80. The van der Waals surface area contributed by atoms with Crippen LogP contribution < -0.4 is 0 Å². The van der Waals surface area contributed by atoms with Crippen molar-refractivity contribution in [2.75, 3.05) is 12.4 Å². The molecule has 9 heteroatoms. The van der Waals surface area contributed by atoms with Gasteiger partial charge in [0, 0.05) is 18.4 Å². The number of ether oxygens (including phenoxy) is 1. The molecule has 0 N–H and O–H groups in total. The summed E-state index contributed by atoms with van der Waals surface area (Å²) in [6.45, 7) is 2.06. The molecule has 1 saturated heterocycles. The Labute approximate surface area is 174 Å². The number of rotatable bonds is 5. The Hall–Kier alpha value is -1.77. The smallest absolute Gasteiger partial charge is 0.235 e. The average Bonchev–Trinajstić information content (AvgIpc) is 3.30. The zero-order chi connectivity index (χ0) is 20.8. The quantitative estimate of drug-likeness (QED) is 0.654. The Kier molecular flexibility index (Phi) is 5.52. The lowest BCUT2D eigenvalue weighted by Gasteiger charge is -2.21. The fraction of sp³-hybridized carbons (Fsp3) is 0.550. The molecule has 4 rings (SSSR count). The number of carbonyl (C=O) groups excluding carboxylic acids is 2. The summed E-state index contributed by atoms with van der Waals surface area (Å²) in [6.07, 6.45) is 1.61. The normalized spacial score (nSPS) is 25.1. The molecule has 2 aliphatic heterocycles. The van der Waals surface area contributed by atoms with Crippen molar-refractivity contribution < 1.29 is 27.6 Å². The molecule has 2 fully saturated rings. The van der Waals surface area contributed by atoms with Gasteiger partial charge in [0.1, 0.15) is 11.6 Å². The van der Waals surface area contributed by atoms with Gasteiger partial charge in [0.2, 0.25) is 6.29 Å². The fourth-order valence-electron chi connectivity index (χ4n) is 4.17. The second-order valence-electron chi connectivity index (χ2n) is 7.57. The molecule has 2 atom stereocenters. The van der Waals surface area contributed by atoms with Crippen LogP contribution in [0.3, 0.4) is 0 Å². The van der Waals surface area contributed by atoms with Gasteiger partial charge >= 0.3 is 0 Å². The SMILES string of the molecule is CCS(=O)(=O)c1ccc(CC2C(=O)CCCC2=O)c(Cl)c1C1=NOC2OCCC12. The highest BCUT2D eigenvalue weighted by molar-refractivity contribution is 7.91. The van der Waals surface area contributed by atoms with E-state index in [0.717, 1.165) is 0 Å². The number of Topliss-reactive ketones (excluding diaryl/α,β-unsaturated/α-hetero) is 2. The number of nitrogens with zero attached hydrogens (tertiary/aromatic N) is 1. The second kappa shape index (κ2) is 7.81. The predicted molar refractivity (Wildman–Crippen MR) is 106 cm³/mol. The number of carbonyl (C=O) groups is 2. The number of oxime groups is 1. The number of halogens is 1. The maximum atomic E-state index is 12.7. The molecule has 1 aromatic carbocycles. The van der Waals surface area contributed by atoms with E-state index in [1.807, 2.05) is 0 Å². The zero-order valence-corrected chi connectivity index (χ0v) is 17.6. The molecule has 1 aromatic rings. The van der Waals surface area contributed by atoms with E-state index in [1.54, 1.807) is 13.0 Å². The van der Waals surface area contributed by atoms with Gasteiger partial charge in [-0.15, -0.1) is 0 Å². The number of hydrogen-bond donors (Lipinski definition) is 0. The summed E-state index contributed by atoms with van der Waals surface area (Å²) in [5.74, 6) is -1.20. The zero-order valence-electron chi connectivity index (χ0n) is 16.0. The number of benzene rings is 1. The van der Waals surface area contributed by atoms with Crippen LogP contribution in [-0.2, 0) is 35.4 Å². The molecule has 0 aromatic heterocycles. The molecule has 1 aliphatic carbocycles. The van der Waals surface area contributed by atoms with Crippen LogP contribution in [0.25, 0.3) is 0 Å². The lowest BCUT2D eigenvalue weighted by molar-refractivity contribution is -0.135. The topological polar surface area (TPSA) is 99.1 Å². The first-order valence-electron chi connectivity index (χ1n) is 9.78. The van der Waals surface area contributed by atoms with Gasteiger partial charge in [-0.25, -0.2) is 8.42 Å². The molecule has 0 amide bonds. The Morgan fingerprint density at radius 1 is 1.21 bits per heavy atom. The van der Waals surface area contributed by atoms with E-state index in [9.17, 15) is 18.0 Å². The van der Waals surface area contributed by atoms with Gasteiger partial charge in [-0.3, -0.25) is 9.59 Å². The first kappa shape index (κ1) is 20.5. The summed E-state index contributed by atoms with van der Waals surface area (Å²) in [5, 5.41) is 4.30. The number of hydrogen-bond acceptors (Lipinski definition) is 7. The van der Waals surface area contributed by atoms with Gasteiger partial charge in [0.25, 0.3) is 0 Å². The van der Waals surface area contributed by atoms with Crippen LogP contribution in [0.4, 0.5) is 0 Å². The number of sulfone groups is 1. The minimum Gasteiger partial charge on any atom is -0.363 e. The third kappa shape index (κ3) is 3.62. The minimum atomic E-state index is -3.58. The van der Waals surface area contributed by atoms with Crippen molar-refractivity contribution in [1.29, 1.82) is 0 Å². The summed E-state index contributed by atoms with van der Waals surface area (Å²) >= 11 is 6.70. The van der Waals surface area contributed by atoms with Gasteiger partial charge in [0.05, 0.1) is 39.8 Å². The molecular weight excluding hydrogens is 418 g/mol. The first-order chi connectivity index (χ1) is 13.8. The summed E-state index contributed by atoms with van der Waals surface area (Å²) in [5.41, 5.74) is 1.32. The van der Waals surface area contributed by atoms with Crippen molar-refractivity contribution in [2.45, 2.75) is 50.2 Å². The fourth-order valence-corrected chi connectivity index (χ4v) is 5.66. The van der Waals surface area contributed by atoms with Crippen molar-refractivity contribution in [1.82, 2.24) is 0 Å². The van der Waals surface area contributed by atoms with Crippen LogP contribution in [0.5, 0.6) is 0 Å². The Bertz CT molecular complexity index is 986. The van der Waals surface area contributed by atoms with Crippen LogP contribution in [-0.4, -0.2) is 44.3 Å². The van der Waals surface area contributed by atoms with Crippen LogP contribution in [0.2, 0.25) is 5.02 Å². The van der Waals surface area contributed by atoms with Crippen molar-refractivity contribution in [3.63, 3.8) is 0 Å². The third-order valence-electron chi connectivity index (χ3n) is 5.85. The molecule has 0 bridgehead atoms. The van der Waals surface area contributed by atoms with E-state index >= 15 is 0 Å². The van der Waals surface area contributed by atoms with Gasteiger partial charge < -0.3 is 9.57 Å². The van der Waals surface area contributed by atoms with E-state index in [-0.39, 0.29) is 39.6 Å². The molecule has 2 heterocycles. The maximum Gasteiger partial charge on any atom is 0.235 e. The maximum absolute atomic E-state index is 12.7. The van der Waals surface area contributed by atoms with Crippen molar-refractivity contribution in [3.8, 4) is 0 Å². The van der Waals surface area contributed by atoms with E-state index in [4.69, 9.17) is 21.2 Å². The van der Waals surface area contributed by atoms with Gasteiger partial charge in [-0.05, 0) is 30.9 Å². The Morgan fingerprint density at radius 3 is 2.62 bits per heavy atom. The van der Waals surface area contributed by atoms with E-state index in [2.05, 4.69) is 5.16 Å². The lowest BCUT2D eigenvalue weighted by atomic mass is 9.82. The van der Waals surface area contributed by atoms with Crippen molar-refractivity contribution >= 4 is 38.7 Å². The minimum absolute atomic E-state index is 0.0879. The third-order valence-corrected chi connectivity index (χ3v) is 8.05. The lowest BCUT2D eigenvalue weighted by Crippen LogP contribution is -2.30. The largest absolute Gasteiger partial charge is 0.363 e. The summed E-state index contributed by atoms with van der Waals surface area (Å²) in [6, 6.07) is 3.10. The van der Waals surface area contributed by atoms with E-state index in [1.165, 1.54) is 6.07 Å². The molecule has 0 radical (unpaired) electrons. The monoisotopic (exact) mass is 439 g/mol. The van der Waals surface area contributed by atoms with Gasteiger partial charge in [-0.2, -0.15) is 0 Å². The highest BCUT2D eigenvalue weighted by atomic mass is 35.5. The van der Waals surface area contributed by atoms with Crippen LogP contribution in [0.15, 0.2) is 22.2 Å². The molecule has 1 saturated carbocycles. The van der Waals surface area contributed by atoms with Gasteiger partial charge in [0.15, 0.2) is 9.84 Å². The Morgan fingerprint density at radius 2 is 1.93 bits per heavy atom. The van der Waals surface area contributed by atoms with E-state index < -0.39 is 22.0 Å². The van der Waals surface area contributed by atoms with Crippen LogP contribution in [0.1, 0.15) is 43.7 Å². The van der Waals surface area contributed by atoms with Crippen molar-refractivity contribution in [2.24, 2.45) is 17.0 Å². The molecule has 7 nitrogen and oxygen atoms in total. The second-order valence-corrected chi connectivity index (χ2v) is 10.2. The summed E-state index contributed by atoms with van der Waals surface area (Å²) < 4.78 is 31.0. The van der Waals surface area contributed by atoms with Gasteiger partial charge in [-0.1, -0.05) is 29.7 Å². The summed E-state index contributed by atoms with van der Waals surface area (Å²) in [4.78, 5) is 29.9. The molecule has 2 unspecified atom stereocenters. The molecular formula is C20H22ClNO6S. The van der Waals surface area contributed by atoms with Crippen LogP contribution in [0, 0.1) is 11.8 Å². The highest BCUT2D eigenvalue weighted by Gasteiger charge is 2.43. The van der Waals surface area contributed by atoms with Crippen LogP contribution >= 0.6 is 11.6 Å². The molecule has 3 aliphatic rings. The standard InChI is InChI=1S/C20H22ClNO6S/c1-2-29(25,26)16-7-6-11(10-13-14(23)4-3-5-15(13)24)18(21)17(16)19-12-8-9-27-20(12)28-22-19/h6-7,12-13,20H,2-5,8-10H2,1H3. The molecule has 156 valence electrons. The number of fused-ring (bicyclic) bond motifs is 1. The molecule has 29 heavy (non-hydrogen) atoms. The summed E-state index contributed by atoms with van der Waals surface area (Å²) in [7, 11) is -3.58. The molecule has 0 spiro atoms. The number of ketones is 2. The highest BCUT2D eigenvalue weighted by Crippen LogP contribution is 2.39. The average molecular weight is 440 g/mol. The van der Waals surface area contributed by atoms with E-state index in [0.29, 0.717) is 49.1 Å². The first-order valence-corrected chi connectivity index (χ1v) is 11.8. The predicted octanol–water partition coefficient (Wildman–Crippen LogP) is 2.71.